The fraction of sp³-hybridized carbons (Fsp3) is 0.200. The third kappa shape index (κ3) is 3.65. The van der Waals surface area contributed by atoms with Gasteiger partial charge in [-0.1, -0.05) is 40.2 Å². The van der Waals surface area contributed by atoms with E-state index in [4.69, 9.17) is 0 Å². The SMILES string of the molecule is Cc1ccc(CNCc2ccc(F)cc2)c(Br)c1. The van der Waals surface area contributed by atoms with Crippen LogP contribution >= 0.6 is 15.9 Å². The minimum absolute atomic E-state index is 0.194. The summed E-state index contributed by atoms with van der Waals surface area (Å²) >= 11 is 3.55. The van der Waals surface area contributed by atoms with Crippen LogP contribution in [0.4, 0.5) is 4.39 Å². The summed E-state index contributed by atoms with van der Waals surface area (Å²) in [6.07, 6.45) is 0. The van der Waals surface area contributed by atoms with E-state index in [1.807, 2.05) is 0 Å². The average Bonchev–Trinajstić information content (AvgIpc) is 2.34. The second-order valence-corrected chi connectivity index (χ2v) is 5.18. The van der Waals surface area contributed by atoms with Crippen molar-refractivity contribution >= 4 is 15.9 Å². The standard InChI is InChI=1S/C15H15BrFN/c1-11-2-5-13(15(16)8-11)10-18-9-12-3-6-14(17)7-4-12/h2-8,18H,9-10H2,1H3. The molecule has 0 bridgehead atoms. The lowest BCUT2D eigenvalue weighted by Crippen LogP contribution is -2.13. The van der Waals surface area contributed by atoms with Gasteiger partial charge in [0.1, 0.15) is 5.82 Å². The zero-order valence-corrected chi connectivity index (χ0v) is 11.8. The Kier molecular flexibility index (Phi) is 4.50. The van der Waals surface area contributed by atoms with Gasteiger partial charge in [0.2, 0.25) is 0 Å². The molecule has 0 aliphatic heterocycles. The molecule has 94 valence electrons. The van der Waals surface area contributed by atoms with Gasteiger partial charge < -0.3 is 5.32 Å². The number of hydrogen-bond donors (Lipinski definition) is 1. The van der Waals surface area contributed by atoms with E-state index in [2.05, 4.69) is 46.4 Å². The topological polar surface area (TPSA) is 12.0 Å². The van der Waals surface area contributed by atoms with Crippen LogP contribution in [-0.2, 0) is 13.1 Å². The van der Waals surface area contributed by atoms with Crippen molar-refractivity contribution < 1.29 is 4.39 Å². The summed E-state index contributed by atoms with van der Waals surface area (Å²) in [5.41, 5.74) is 3.55. The van der Waals surface area contributed by atoms with Gasteiger partial charge in [-0.2, -0.15) is 0 Å². The Morgan fingerprint density at radius 1 is 1.06 bits per heavy atom. The zero-order chi connectivity index (χ0) is 13.0. The Labute approximate surface area is 115 Å². The summed E-state index contributed by atoms with van der Waals surface area (Å²) in [7, 11) is 0. The lowest BCUT2D eigenvalue weighted by molar-refractivity contribution is 0.625. The van der Waals surface area contributed by atoms with Gasteiger partial charge >= 0.3 is 0 Å². The largest absolute Gasteiger partial charge is 0.309 e. The maximum Gasteiger partial charge on any atom is 0.123 e. The molecule has 0 saturated carbocycles. The van der Waals surface area contributed by atoms with Crippen molar-refractivity contribution in [2.45, 2.75) is 20.0 Å². The molecule has 18 heavy (non-hydrogen) atoms. The van der Waals surface area contributed by atoms with Crippen LogP contribution < -0.4 is 5.32 Å². The summed E-state index contributed by atoms with van der Waals surface area (Å²) in [4.78, 5) is 0. The fourth-order valence-corrected chi connectivity index (χ4v) is 2.37. The van der Waals surface area contributed by atoms with Crippen LogP contribution in [0.15, 0.2) is 46.9 Å². The van der Waals surface area contributed by atoms with Crippen molar-refractivity contribution in [3.8, 4) is 0 Å². The number of nitrogens with one attached hydrogen (secondary N) is 1. The van der Waals surface area contributed by atoms with Crippen LogP contribution in [0.25, 0.3) is 0 Å². The molecule has 1 nitrogen and oxygen atoms in total. The molecule has 0 atom stereocenters. The Balaban J connectivity index is 1.90. The Bertz CT molecular complexity index is 523. The van der Waals surface area contributed by atoms with Crippen LogP contribution in [0.1, 0.15) is 16.7 Å². The van der Waals surface area contributed by atoms with Gasteiger partial charge in [0.05, 0.1) is 0 Å². The Hall–Kier alpha value is -1.19. The Morgan fingerprint density at radius 2 is 1.78 bits per heavy atom. The first-order valence-corrected chi connectivity index (χ1v) is 6.64. The second kappa shape index (κ2) is 6.12. The van der Waals surface area contributed by atoms with Crippen LogP contribution in [0.3, 0.4) is 0 Å². The smallest absolute Gasteiger partial charge is 0.123 e. The molecule has 0 spiro atoms. The minimum Gasteiger partial charge on any atom is -0.309 e. The fourth-order valence-electron chi connectivity index (χ4n) is 1.74. The summed E-state index contributed by atoms with van der Waals surface area (Å²) in [5, 5.41) is 3.35. The van der Waals surface area contributed by atoms with Crippen molar-refractivity contribution in [1.29, 1.82) is 0 Å². The van der Waals surface area contributed by atoms with Gasteiger partial charge in [-0.25, -0.2) is 4.39 Å². The lowest BCUT2D eigenvalue weighted by Gasteiger charge is -2.08. The maximum absolute atomic E-state index is 12.7. The molecule has 2 rings (SSSR count). The molecule has 0 aliphatic carbocycles. The van der Waals surface area contributed by atoms with Crippen LogP contribution in [0, 0.1) is 12.7 Å². The number of aryl methyl sites for hydroxylation is 1. The average molecular weight is 308 g/mol. The minimum atomic E-state index is -0.194. The quantitative estimate of drug-likeness (QED) is 0.893. The number of rotatable bonds is 4. The molecule has 2 aromatic rings. The van der Waals surface area contributed by atoms with Crippen molar-refractivity contribution in [2.24, 2.45) is 0 Å². The molecule has 0 heterocycles. The van der Waals surface area contributed by atoms with Gasteiger partial charge in [-0.15, -0.1) is 0 Å². The van der Waals surface area contributed by atoms with Gasteiger partial charge in [0, 0.05) is 17.6 Å². The van der Waals surface area contributed by atoms with E-state index in [-0.39, 0.29) is 5.82 Å². The summed E-state index contributed by atoms with van der Waals surface area (Å²) < 4.78 is 13.9. The molecule has 0 radical (unpaired) electrons. The van der Waals surface area contributed by atoms with E-state index in [0.29, 0.717) is 0 Å². The highest BCUT2D eigenvalue weighted by Crippen LogP contribution is 2.18. The molecule has 0 fully saturated rings. The molecule has 2 aromatic carbocycles. The Morgan fingerprint density at radius 3 is 2.44 bits per heavy atom. The number of benzene rings is 2. The van der Waals surface area contributed by atoms with E-state index >= 15 is 0 Å². The van der Waals surface area contributed by atoms with Gasteiger partial charge in [-0.3, -0.25) is 0 Å². The monoisotopic (exact) mass is 307 g/mol. The van der Waals surface area contributed by atoms with E-state index in [0.717, 1.165) is 23.1 Å². The third-order valence-corrected chi connectivity index (χ3v) is 3.50. The number of hydrogen-bond acceptors (Lipinski definition) is 1. The summed E-state index contributed by atoms with van der Waals surface area (Å²) in [5.74, 6) is -0.194. The molecule has 1 N–H and O–H groups in total. The van der Waals surface area contributed by atoms with Crippen molar-refractivity contribution in [2.75, 3.05) is 0 Å². The first kappa shape index (κ1) is 13.2. The molecule has 0 aromatic heterocycles. The molecule has 0 amide bonds. The molecule has 0 unspecified atom stereocenters. The highest BCUT2D eigenvalue weighted by Gasteiger charge is 2.00. The van der Waals surface area contributed by atoms with Crippen LogP contribution in [0.2, 0.25) is 0 Å². The van der Waals surface area contributed by atoms with E-state index < -0.39 is 0 Å². The predicted octanol–water partition coefficient (Wildman–Crippen LogP) is 4.19. The highest BCUT2D eigenvalue weighted by atomic mass is 79.9. The first-order chi connectivity index (χ1) is 8.65. The zero-order valence-electron chi connectivity index (χ0n) is 10.2. The van der Waals surface area contributed by atoms with Crippen molar-refractivity contribution in [1.82, 2.24) is 5.32 Å². The summed E-state index contributed by atoms with van der Waals surface area (Å²) in [6.45, 7) is 3.60. The molecular formula is C15H15BrFN. The van der Waals surface area contributed by atoms with Gasteiger partial charge in [0.15, 0.2) is 0 Å². The van der Waals surface area contributed by atoms with Gasteiger partial charge in [-0.05, 0) is 41.8 Å². The lowest BCUT2D eigenvalue weighted by atomic mass is 10.1. The van der Waals surface area contributed by atoms with Crippen molar-refractivity contribution in [3.05, 3.63) is 69.4 Å². The number of halogens is 2. The molecular weight excluding hydrogens is 293 g/mol. The van der Waals surface area contributed by atoms with Gasteiger partial charge in [0.25, 0.3) is 0 Å². The first-order valence-electron chi connectivity index (χ1n) is 5.85. The van der Waals surface area contributed by atoms with Crippen LogP contribution in [0.5, 0.6) is 0 Å². The van der Waals surface area contributed by atoms with E-state index in [1.54, 1.807) is 12.1 Å². The molecule has 3 heteroatoms. The van der Waals surface area contributed by atoms with E-state index in [1.165, 1.54) is 23.3 Å². The predicted molar refractivity (Wildman–Crippen MR) is 75.8 cm³/mol. The highest BCUT2D eigenvalue weighted by molar-refractivity contribution is 9.10. The second-order valence-electron chi connectivity index (χ2n) is 4.32. The molecule has 0 aliphatic rings. The normalized spacial score (nSPS) is 10.6. The van der Waals surface area contributed by atoms with E-state index in [9.17, 15) is 4.39 Å². The summed E-state index contributed by atoms with van der Waals surface area (Å²) in [6, 6.07) is 12.9. The maximum atomic E-state index is 12.7. The molecule has 0 saturated heterocycles. The third-order valence-electron chi connectivity index (χ3n) is 2.77. The van der Waals surface area contributed by atoms with Crippen molar-refractivity contribution in [3.63, 3.8) is 0 Å². The van der Waals surface area contributed by atoms with Crippen LogP contribution in [-0.4, -0.2) is 0 Å².